The topological polar surface area (TPSA) is 53.4 Å². The van der Waals surface area contributed by atoms with Crippen LogP contribution in [0.3, 0.4) is 0 Å². The lowest BCUT2D eigenvalue weighted by Gasteiger charge is -2.23. The molecule has 0 bridgehead atoms. The van der Waals surface area contributed by atoms with Gasteiger partial charge in [-0.1, -0.05) is 40.2 Å². The van der Waals surface area contributed by atoms with E-state index in [4.69, 9.17) is 4.18 Å². The molecular formula is C22H22BrNO2S. The van der Waals surface area contributed by atoms with Crippen molar-refractivity contribution in [3.63, 3.8) is 0 Å². The van der Waals surface area contributed by atoms with Gasteiger partial charge in [-0.25, -0.2) is 4.21 Å². The summed E-state index contributed by atoms with van der Waals surface area (Å²) in [6.07, 6.45) is 6.86. The summed E-state index contributed by atoms with van der Waals surface area (Å²) in [6, 6.07) is 14.5. The van der Waals surface area contributed by atoms with Gasteiger partial charge in [0.15, 0.2) is 5.94 Å². The SMILES string of the molecule is Cc1cc2c(cc1C#N)/C(Br)=C\CC(c1ccc(S3(C)(=O)CO3)cc1)CC2. The zero-order chi connectivity index (χ0) is 19.3. The predicted octanol–water partition coefficient (Wildman–Crippen LogP) is 5.43. The molecule has 27 heavy (non-hydrogen) atoms. The first-order valence-corrected chi connectivity index (χ1v) is 12.3. The zero-order valence-corrected chi connectivity index (χ0v) is 17.9. The van der Waals surface area contributed by atoms with Crippen LogP contribution >= 0.6 is 15.9 Å². The van der Waals surface area contributed by atoms with Crippen LogP contribution in [0.15, 0.2) is 47.4 Å². The van der Waals surface area contributed by atoms with Crippen LogP contribution in [-0.2, 0) is 20.0 Å². The van der Waals surface area contributed by atoms with Crippen LogP contribution < -0.4 is 0 Å². The lowest BCUT2D eigenvalue weighted by Crippen LogP contribution is -2.12. The van der Waals surface area contributed by atoms with E-state index in [0.29, 0.717) is 11.9 Å². The van der Waals surface area contributed by atoms with Gasteiger partial charge in [0.25, 0.3) is 0 Å². The Balaban J connectivity index is 1.62. The number of nitrogens with zero attached hydrogens (tertiary/aromatic N) is 1. The Morgan fingerprint density at radius 2 is 1.96 bits per heavy atom. The number of aryl methyl sites for hydroxylation is 2. The van der Waals surface area contributed by atoms with Gasteiger partial charge in [-0.2, -0.15) is 5.26 Å². The van der Waals surface area contributed by atoms with Crippen molar-refractivity contribution in [3.05, 3.63) is 70.3 Å². The molecule has 1 heterocycles. The molecule has 1 aliphatic carbocycles. The molecule has 0 spiro atoms. The number of halogens is 1. The second-order valence-corrected chi connectivity index (χ2v) is 12.4. The van der Waals surface area contributed by atoms with E-state index in [1.54, 1.807) is 6.26 Å². The van der Waals surface area contributed by atoms with Gasteiger partial charge < -0.3 is 0 Å². The summed E-state index contributed by atoms with van der Waals surface area (Å²) in [5.41, 5.74) is 5.43. The number of rotatable bonds is 2. The standard InChI is InChI=1S/C22H22BrNO2S/c1-15-11-18-4-3-16(7-10-22(23)21(18)12-19(15)13-24)17-5-8-20(9-6-17)27(2,25)14-26-27/h5-6,8-12,16H,3-4,7,14H2,1-2H3/b22-10+. The smallest absolute Gasteiger partial charge is 0.161 e. The van der Waals surface area contributed by atoms with Crippen LogP contribution in [-0.4, -0.2) is 16.4 Å². The van der Waals surface area contributed by atoms with Gasteiger partial charge >= 0.3 is 0 Å². The summed E-state index contributed by atoms with van der Waals surface area (Å²) in [6.45, 7) is 1.99. The van der Waals surface area contributed by atoms with Crippen molar-refractivity contribution in [2.45, 2.75) is 37.0 Å². The Hall–Kier alpha value is -1.74. The molecule has 0 saturated carbocycles. The van der Waals surface area contributed by atoms with Crippen LogP contribution in [0.1, 0.15) is 46.6 Å². The third kappa shape index (κ3) is 3.42. The van der Waals surface area contributed by atoms with E-state index in [9.17, 15) is 9.47 Å². The normalized spacial score (nSPS) is 26.1. The van der Waals surface area contributed by atoms with Crippen molar-refractivity contribution in [2.75, 3.05) is 12.2 Å². The largest absolute Gasteiger partial charge is 0.261 e. The molecule has 2 aromatic carbocycles. The maximum atomic E-state index is 12.7. The fourth-order valence-corrected chi connectivity index (χ4v) is 6.12. The Bertz CT molecular complexity index is 1050. The Morgan fingerprint density at radius 3 is 2.59 bits per heavy atom. The molecule has 0 amide bonds. The lowest BCUT2D eigenvalue weighted by molar-refractivity contribution is 0.540. The van der Waals surface area contributed by atoms with E-state index in [1.807, 2.05) is 25.1 Å². The summed E-state index contributed by atoms with van der Waals surface area (Å²) in [5.74, 6) is 0.750. The molecule has 1 fully saturated rings. The molecular weight excluding hydrogens is 422 g/mol. The molecule has 1 unspecified atom stereocenters. The minimum atomic E-state index is -2.96. The number of benzene rings is 2. The highest BCUT2D eigenvalue weighted by Gasteiger charge is 2.43. The van der Waals surface area contributed by atoms with Crippen molar-refractivity contribution >= 4 is 29.8 Å². The minimum absolute atomic E-state index is 0.344. The number of hydrogen-bond acceptors (Lipinski definition) is 3. The molecule has 0 N–H and O–H groups in total. The Morgan fingerprint density at radius 1 is 1.26 bits per heavy atom. The quantitative estimate of drug-likeness (QED) is 0.580. The van der Waals surface area contributed by atoms with E-state index in [0.717, 1.165) is 45.3 Å². The highest BCUT2D eigenvalue weighted by Crippen LogP contribution is 2.47. The van der Waals surface area contributed by atoms with E-state index in [2.05, 4.69) is 46.3 Å². The molecule has 1 atom stereocenters. The summed E-state index contributed by atoms with van der Waals surface area (Å²) in [5, 5.41) is 9.31. The molecule has 1 saturated heterocycles. The fraction of sp³-hybridized carbons (Fsp3) is 0.318. The monoisotopic (exact) mass is 443 g/mol. The average Bonchev–Trinajstić information content (AvgIpc) is 3.32. The Kier molecular flexibility index (Phi) is 4.42. The van der Waals surface area contributed by atoms with Crippen LogP contribution in [0.25, 0.3) is 4.48 Å². The van der Waals surface area contributed by atoms with Gasteiger partial charge in [-0.3, -0.25) is 4.18 Å². The molecule has 5 heteroatoms. The third-order valence-corrected chi connectivity index (χ3v) is 9.03. The predicted molar refractivity (Wildman–Crippen MR) is 113 cm³/mol. The van der Waals surface area contributed by atoms with Gasteiger partial charge in [0.05, 0.1) is 16.5 Å². The number of fused-ring (bicyclic) bond motifs is 1. The summed E-state index contributed by atoms with van der Waals surface area (Å²) >= 11 is 3.71. The summed E-state index contributed by atoms with van der Waals surface area (Å²) < 4.78 is 19.0. The molecule has 2 aliphatic rings. The fourth-order valence-electron chi connectivity index (χ4n) is 3.73. The molecule has 0 aromatic heterocycles. The summed E-state index contributed by atoms with van der Waals surface area (Å²) in [7, 11) is -2.96. The number of hydrogen-bond donors (Lipinski definition) is 0. The van der Waals surface area contributed by atoms with Gasteiger partial charge in [0, 0.05) is 10.7 Å². The molecule has 3 nitrogen and oxygen atoms in total. The van der Waals surface area contributed by atoms with Crippen LogP contribution in [0.2, 0.25) is 0 Å². The minimum Gasteiger partial charge on any atom is -0.261 e. The van der Waals surface area contributed by atoms with Crippen molar-refractivity contribution in [1.29, 1.82) is 5.26 Å². The van der Waals surface area contributed by atoms with Crippen molar-refractivity contribution in [3.8, 4) is 6.07 Å². The maximum absolute atomic E-state index is 12.7. The lowest BCUT2D eigenvalue weighted by atomic mass is 9.85. The van der Waals surface area contributed by atoms with Crippen LogP contribution in [0.5, 0.6) is 0 Å². The van der Waals surface area contributed by atoms with Crippen molar-refractivity contribution in [2.24, 2.45) is 0 Å². The maximum Gasteiger partial charge on any atom is 0.161 e. The van der Waals surface area contributed by atoms with Crippen LogP contribution in [0, 0.1) is 18.3 Å². The van der Waals surface area contributed by atoms with Crippen molar-refractivity contribution in [1.82, 2.24) is 0 Å². The number of nitriles is 1. The Labute approximate surface area is 168 Å². The second kappa shape index (κ2) is 6.41. The zero-order valence-electron chi connectivity index (χ0n) is 15.5. The third-order valence-electron chi connectivity index (χ3n) is 5.69. The molecule has 0 radical (unpaired) electrons. The van der Waals surface area contributed by atoms with Crippen molar-refractivity contribution < 1.29 is 8.39 Å². The van der Waals surface area contributed by atoms with E-state index in [1.165, 1.54) is 11.1 Å². The highest BCUT2D eigenvalue weighted by molar-refractivity contribution is 9.15. The first kappa shape index (κ1) is 18.6. The van der Waals surface area contributed by atoms with E-state index < -0.39 is 9.35 Å². The second-order valence-electron chi connectivity index (χ2n) is 7.71. The first-order valence-electron chi connectivity index (χ1n) is 9.07. The molecule has 2 aromatic rings. The van der Waals surface area contributed by atoms with Crippen LogP contribution in [0.4, 0.5) is 0 Å². The highest BCUT2D eigenvalue weighted by atomic mass is 79.9. The van der Waals surface area contributed by atoms with Gasteiger partial charge in [0.1, 0.15) is 0 Å². The van der Waals surface area contributed by atoms with E-state index >= 15 is 0 Å². The van der Waals surface area contributed by atoms with E-state index in [-0.39, 0.29) is 0 Å². The van der Waals surface area contributed by atoms with Gasteiger partial charge in [-0.15, -0.1) is 9.35 Å². The number of allylic oxidation sites excluding steroid dienone is 1. The molecule has 4 rings (SSSR count). The molecule has 1 aliphatic heterocycles. The summed E-state index contributed by atoms with van der Waals surface area (Å²) in [4.78, 5) is 0.809. The van der Waals surface area contributed by atoms with Gasteiger partial charge in [0.2, 0.25) is 0 Å². The first-order chi connectivity index (χ1) is 12.8. The van der Waals surface area contributed by atoms with Gasteiger partial charge in [-0.05, 0) is 72.6 Å². The average molecular weight is 444 g/mol. The molecule has 140 valence electrons.